The summed E-state index contributed by atoms with van der Waals surface area (Å²) in [5.41, 5.74) is 1.87. The normalized spacial score (nSPS) is 14.7. The number of alkyl halides is 1. The number of rotatable bonds is 6. The number of nitrogens with one attached hydrogen (secondary N) is 1. The van der Waals surface area contributed by atoms with Gasteiger partial charge in [-0.1, -0.05) is 30.3 Å². The number of anilines is 1. The van der Waals surface area contributed by atoms with Gasteiger partial charge < -0.3 is 10.2 Å². The van der Waals surface area contributed by atoms with E-state index < -0.39 is 22.4 Å². The fourth-order valence-electron chi connectivity index (χ4n) is 4.78. The second-order valence-electron chi connectivity index (χ2n) is 9.23. The monoisotopic (exact) mass is 522 g/mol. The second-order valence-corrected chi connectivity index (χ2v) is 11.2. The molecular formula is C26H27FN6O3S. The van der Waals surface area contributed by atoms with E-state index in [1.165, 1.54) is 18.2 Å². The molecule has 1 fully saturated rings. The Bertz CT molecular complexity index is 1580. The molecule has 5 rings (SSSR count). The van der Waals surface area contributed by atoms with Crippen molar-refractivity contribution in [1.29, 1.82) is 0 Å². The number of aromatic nitrogens is 4. The molecule has 0 atom stereocenters. The molecule has 1 aliphatic rings. The van der Waals surface area contributed by atoms with Crippen LogP contribution in [0.3, 0.4) is 0 Å². The Labute approximate surface area is 214 Å². The second kappa shape index (κ2) is 9.89. The van der Waals surface area contributed by atoms with Crippen LogP contribution in [0.5, 0.6) is 0 Å². The third-order valence-corrected chi connectivity index (χ3v) is 7.86. The lowest BCUT2D eigenvalue weighted by atomic mass is 10.0. The SMILES string of the molecule is Cn1nccc1-c1nnc(N2CCC(NC(=O)c3cc(CF)ccc3S(C)(=O)=O)CC2)c2ccccc12. The third kappa shape index (κ3) is 4.91. The zero-order chi connectivity index (χ0) is 26.2. The standard InChI is InChI=1S/C26H27FN6O3S/c1-32-22(9-12-28-32)24-19-5-3-4-6-20(19)25(31-30-24)33-13-10-18(11-14-33)29-26(34)21-15-17(16-27)7-8-23(21)37(2,35)36/h3-9,12,15,18H,10-11,13-14,16H2,1-2H3,(H,29,34). The van der Waals surface area contributed by atoms with Gasteiger partial charge in [-0.3, -0.25) is 9.48 Å². The number of nitrogens with zero attached hydrogens (tertiary/aromatic N) is 5. The van der Waals surface area contributed by atoms with Gasteiger partial charge in [0.2, 0.25) is 0 Å². The number of halogens is 1. The summed E-state index contributed by atoms with van der Waals surface area (Å²) in [5, 5.41) is 18.2. The predicted octanol–water partition coefficient (Wildman–Crippen LogP) is 3.30. The summed E-state index contributed by atoms with van der Waals surface area (Å²) in [5.74, 6) is 0.265. The molecule has 1 saturated heterocycles. The van der Waals surface area contributed by atoms with E-state index in [1.807, 2.05) is 37.4 Å². The van der Waals surface area contributed by atoms with Gasteiger partial charge >= 0.3 is 0 Å². The van der Waals surface area contributed by atoms with Crippen molar-refractivity contribution in [2.24, 2.45) is 7.05 Å². The van der Waals surface area contributed by atoms with Crippen LogP contribution in [0.2, 0.25) is 0 Å². The highest BCUT2D eigenvalue weighted by atomic mass is 32.2. The van der Waals surface area contributed by atoms with E-state index in [0.717, 1.165) is 34.2 Å². The van der Waals surface area contributed by atoms with E-state index in [0.29, 0.717) is 25.9 Å². The van der Waals surface area contributed by atoms with Gasteiger partial charge in [-0.2, -0.15) is 5.10 Å². The summed E-state index contributed by atoms with van der Waals surface area (Å²) >= 11 is 0. The molecule has 1 N–H and O–H groups in total. The summed E-state index contributed by atoms with van der Waals surface area (Å²) < 4.78 is 39.3. The maximum atomic E-state index is 13.2. The number of hydrogen-bond donors (Lipinski definition) is 1. The van der Waals surface area contributed by atoms with Gasteiger partial charge in [0.05, 0.1) is 16.2 Å². The Balaban J connectivity index is 1.34. The fraction of sp³-hybridized carbons (Fsp3) is 0.308. The Kier molecular flexibility index (Phi) is 6.63. The molecule has 0 bridgehead atoms. The van der Waals surface area contributed by atoms with Gasteiger partial charge in [0.15, 0.2) is 15.7 Å². The fourth-order valence-corrected chi connectivity index (χ4v) is 5.64. The van der Waals surface area contributed by atoms with Crippen LogP contribution in [0.25, 0.3) is 22.2 Å². The molecule has 0 spiro atoms. The molecular weight excluding hydrogens is 495 g/mol. The molecule has 192 valence electrons. The van der Waals surface area contributed by atoms with Gasteiger partial charge in [0.1, 0.15) is 12.4 Å². The van der Waals surface area contributed by atoms with Crippen LogP contribution < -0.4 is 10.2 Å². The highest BCUT2D eigenvalue weighted by Crippen LogP contribution is 2.32. The lowest BCUT2D eigenvalue weighted by molar-refractivity contribution is 0.0927. The minimum absolute atomic E-state index is 0.0253. The molecule has 1 aliphatic heterocycles. The highest BCUT2D eigenvalue weighted by Gasteiger charge is 2.26. The molecule has 0 radical (unpaired) electrons. The van der Waals surface area contributed by atoms with Gasteiger partial charge in [0.25, 0.3) is 5.91 Å². The van der Waals surface area contributed by atoms with E-state index in [1.54, 1.807) is 10.9 Å². The smallest absolute Gasteiger partial charge is 0.252 e. The van der Waals surface area contributed by atoms with Crippen molar-refractivity contribution in [3.05, 3.63) is 65.9 Å². The van der Waals surface area contributed by atoms with E-state index in [9.17, 15) is 17.6 Å². The summed E-state index contributed by atoms with van der Waals surface area (Å²) in [4.78, 5) is 15.1. The first-order valence-electron chi connectivity index (χ1n) is 11.9. The van der Waals surface area contributed by atoms with Crippen LogP contribution in [0.4, 0.5) is 10.2 Å². The zero-order valence-corrected chi connectivity index (χ0v) is 21.4. The van der Waals surface area contributed by atoms with E-state index in [2.05, 4.69) is 25.5 Å². The number of amides is 1. The molecule has 4 aromatic rings. The summed E-state index contributed by atoms with van der Waals surface area (Å²) in [6.07, 6.45) is 4.05. The van der Waals surface area contributed by atoms with E-state index in [4.69, 9.17) is 0 Å². The molecule has 1 amide bonds. The van der Waals surface area contributed by atoms with Crippen LogP contribution in [-0.4, -0.2) is 59.7 Å². The predicted molar refractivity (Wildman–Crippen MR) is 139 cm³/mol. The van der Waals surface area contributed by atoms with Crippen molar-refractivity contribution < 1.29 is 17.6 Å². The maximum absolute atomic E-state index is 13.2. The van der Waals surface area contributed by atoms with Crippen molar-refractivity contribution in [2.75, 3.05) is 24.2 Å². The van der Waals surface area contributed by atoms with Gasteiger partial charge in [-0.25, -0.2) is 12.8 Å². The summed E-state index contributed by atoms with van der Waals surface area (Å²) in [7, 11) is -1.78. The molecule has 37 heavy (non-hydrogen) atoms. The molecule has 11 heteroatoms. The molecule has 2 aromatic heterocycles. The van der Waals surface area contributed by atoms with Crippen molar-refractivity contribution in [2.45, 2.75) is 30.5 Å². The summed E-state index contributed by atoms with van der Waals surface area (Å²) in [6.45, 7) is 0.493. The molecule has 0 unspecified atom stereocenters. The number of benzene rings is 2. The van der Waals surface area contributed by atoms with E-state index >= 15 is 0 Å². The van der Waals surface area contributed by atoms with Crippen LogP contribution >= 0.6 is 0 Å². The lowest BCUT2D eigenvalue weighted by Crippen LogP contribution is -2.45. The minimum Gasteiger partial charge on any atom is -0.354 e. The van der Waals surface area contributed by atoms with Crippen molar-refractivity contribution in [3.8, 4) is 11.4 Å². The quantitative estimate of drug-likeness (QED) is 0.414. The number of aryl methyl sites for hydroxylation is 1. The average Bonchev–Trinajstić information content (AvgIpc) is 3.33. The Morgan fingerprint density at radius 2 is 1.81 bits per heavy atom. The minimum atomic E-state index is -3.64. The largest absolute Gasteiger partial charge is 0.354 e. The third-order valence-electron chi connectivity index (χ3n) is 6.70. The average molecular weight is 523 g/mol. The molecule has 2 aromatic carbocycles. The van der Waals surface area contributed by atoms with Crippen LogP contribution in [0.1, 0.15) is 28.8 Å². The first-order valence-corrected chi connectivity index (χ1v) is 13.8. The van der Waals surface area contributed by atoms with Crippen molar-refractivity contribution in [1.82, 2.24) is 25.3 Å². The van der Waals surface area contributed by atoms with Crippen LogP contribution in [0.15, 0.2) is 59.6 Å². The van der Waals surface area contributed by atoms with Crippen molar-refractivity contribution in [3.63, 3.8) is 0 Å². The molecule has 0 saturated carbocycles. The van der Waals surface area contributed by atoms with Gasteiger partial charge in [-0.15, -0.1) is 10.2 Å². The van der Waals surface area contributed by atoms with Crippen molar-refractivity contribution >= 4 is 32.3 Å². The van der Waals surface area contributed by atoms with Gasteiger partial charge in [0, 0.05) is 49.4 Å². The Morgan fingerprint density at radius 1 is 1.08 bits per heavy atom. The Hall–Kier alpha value is -3.86. The number of sulfone groups is 1. The first-order chi connectivity index (χ1) is 17.8. The molecule has 0 aliphatic carbocycles. The Morgan fingerprint density at radius 3 is 2.46 bits per heavy atom. The number of fused-ring (bicyclic) bond motifs is 1. The number of hydrogen-bond acceptors (Lipinski definition) is 7. The van der Waals surface area contributed by atoms with Crippen LogP contribution in [0, 0.1) is 0 Å². The molecule has 3 heterocycles. The first kappa shape index (κ1) is 24.8. The molecule has 9 nitrogen and oxygen atoms in total. The van der Waals surface area contributed by atoms with Gasteiger partial charge in [-0.05, 0) is 36.6 Å². The number of piperidine rings is 1. The maximum Gasteiger partial charge on any atom is 0.252 e. The topological polar surface area (TPSA) is 110 Å². The summed E-state index contributed by atoms with van der Waals surface area (Å²) in [6, 6.07) is 13.7. The van der Waals surface area contributed by atoms with E-state index in [-0.39, 0.29) is 22.1 Å². The number of carbonyl (C=O) groups excluding carboxylic acids is 1. The highest BCUT2D eigenvalue weighted by molar-refractivity contribution is 7.90. The lowest BCUT2D eigenvalue weighted by Gasteiger charge is -2.33. The number of carbonyl (C=O) groups is 1. The zero-order valence-electron chi connectivity index (χ0n) is 20.6. The van der Waals surface area contributed by atoms with Crippen LogP contribution in [-0.2, 0) is 23.6 Å².